The van der Waals surface area contributed by atoms with E-state index in [2.05, 4.69) is 4.72 Å². The number of nitrogens with zero attached hydrogens (tertiary/aromatic N) is 1. The van der Waals surface area contributed by atoms with Crippen LogP contribution in [0.5, 0.6) is 0 Å². The van der Waals surface area contributed by atoms with Gasteiger partial charge in [-0.3, -0.25) is 4.79 Å². The summed E-state index contributed by atoms with van der Waals surface area (Å²) in [6.07, 6.45) is 0.352. The van der Waals surface area contributed by atoms with Crippen molar-refractivity contribution in [2.45, 2.75) is 18.2 Å². The molecule has 0 aromatic heterocycles. The number of amides is 1. The number of aryl methyl sites for hydroxylation is 1. The van der Waals surface area contributed by atoms with Crippen LogP contribution in [0.1, 0.15) is 12.0 Å². The molecule has 1 unspecified atom stereocenters. The number of benzene rings is 2. The van der Waals surface area contributed by atoms with Crippen molar-refractivity contribution in [3.8, 4) is 0 Å². The summed E-state index contributed by atoms with van der Waals surface area (Å²) in [5, 5.41) is 0. The zero-order valence-corrected chi connectivity index (χ0v) is 14.3. The average molecular weight is 344 g/mol. The van der Waals surface area contributed by atoms with E-state index in [0.29, 0.717) is 13.0 Å². The fourth-order valence-electron chi connectivity index (χ4n) is 2.80. The second kappa shape index (κ2) is 6.75. The van der Waals surface area contributed by atoms with E-state index < -0.39 is 10.0 Å². The molecule has 0 bridgehead atoms. The minimum absolute atomic E-state index is 0.0303. The Morgan fingerprint density at radius 1 is 1.08 bits per heavy atom. The number of hydrogen-bond acceptors (Lipinski definition) is 3. The first kappa shape index (κ1) is 16.7. The van der Waals surface area contributed by atoms with Crippen LogP contribution in [-0.4, -0.2) is 27.4 Å². The zero-order chi connectivity index (χ0) is 17.2. The van der Waals surface area contributed by atoms with Crippen molar-refractivity contribution in [3.63, 3.8) is 0 Å². The van der Waals surface area contributed by atoms with Crippen LogP contribution in [-0.2, 0) is 14.8 Å². The van der Waals surface area contributed by atoms with Gasteiger partial charge in [-0.25, -0.2) is 13.1 Å². The molecule has 1 aliphatic rings. The Kier molecular flexibility index (Phi) is 4.69. The third kappa shape index (κ3) is 3.66. The van der Waals surface area contributed by atoms with Crippen LogP contribution in [0.4, 0.5) is 5.69 Å². The summed E-state index contributed by atoms with van der Waals surface area (Å²) in [5.74, 6) is 0.0000486. The van der Waals surface area contributed by atoms with E-state index in [0.717, 1.165) is 11.3 Å². The number of anilines is 1. The number of carbonyl (C=O) groups excluding carboxylic acids is 1. The Morgan fingerprint density at radius 2 is 1.75 bits per heavy atom. The van der Waals surface area contributed by atoms with Crippen LogP contribution in [0.25, 0.3) is 0 Å². The van der Waals surface area contributed by atoms with Crippen LogP contribution in [0, 0.1) is 12.8 Å². The van der Waals surface area contributed by atoms with Crippen molar-refractivity contribution in [1.82, 2.24) is 4.72 Å². The summed E-state index contributed by atoms with van der Waals surface area (Å²) in [6.45, 7) is 2.78. The highest BCUT2D eigenvalue weighted by Crippen LogP contribution is 2.25. The van der Waals surface area contributed by atoms with Gasteiger partial charge in [-0.05, 0) is 37.1 Å². The van der Waals surface area contributed by atoms with E-state index in [-0.39, 0.29) is 23.3 Å². The Balaban J connectivity index is 1.63. The lowest BCUT2D eigenvalue weighted by Crippen LogP contribution is -2.31. The van der Waals surface area contributed by atoms with E-state index in [9.17, 15) is 13.2 Å². The minimum Gasteiger partial charge on any atom is -0.312 e. The third-order valence-corrected chi connectivity index (χ3v) is 5.61. The van der Waals surface area contributed by atoms with Gasteiger partial charge in [0.2, 0.25) is 15.9 Å². The van der Waals surface area contributed by atoms with Crippen LogP contribution in [0.2, 0.25) is 0 Å². The molecule has 1 atom stereocenters. The molecule has 1 aliphatic heterocycles. The van der Waals surface area contributed by atoms with Gasteiger partial charge in [0, 0.05) is 25.2 Å². The molecule has 0 aliphatic carbocycles. The molecular weight excluding hydrogens is 324 g/mol. The van der Waals surface area contributed by atoms with Gasteiger partial charge in [-0.2, -0.15) is 0 Å². The van der Waals surface area contributed by atoms with Crippen LogP contribution in [0.3, 0.4) is 0 Å². The van der Waals surface area contributed by atoms with Crippen LogP contribution >= 0.6 is 0 Å². The molecule has 0 saturated carbocycles. The molecule has 24 heavy (non-hydrogen) atoms. The first-order chi connectivity index (χ1) is 11.5. The number of sulfonamides is 1. The monoisotopic (exact) mass is 344 g/mol. The molecular formula is C18H20N2O3S. The van der Waals surface area contributed by atoms with Gasteiger partial charge in [-0.1, -0.05) is 35.9 Å². The standard InChI is InChI=1S/C18H20N2O3S/c1-14-7-9-16(10-8-14)20-13-15(11-18(20)21)12-19-24(22,23)17-5-3-2-4-6-17/h2-10,15,19H,11-13H2,1H3. The summed E-state index contributed by atoms with van der Waals surface area (Å²) in [7, 11) is -3.53. The molecule has 2 aromatic rings. The summed E-state index contributed by atoms with van der Waals surface area (Å²) >= 11 is 0. The van der Waals surface area contributed by atoms with Gasteiger partial charge < -0.3 is 4.90 Å². The van der Waals surface area contributed by atoms with Gasteiger partial charge in [0.05, 0.1) is 4.90 Å². The molecule has 1 amide bonds. The summed E-state index contributed by atoms with van der Waals surface area (Å²) < 4.78 is 27.1. The Labute approximate surface area is 142 Å². The largest absolute Gasteiger partial charge is 0.312 e. The highest BCUT2D eigenvalue weighted by molar-refractivity contribution is 7.89. The molecule has 1 heterocycles. The summed E-state index contributed by atoms with van der Waals surface area (Å²) in [4.78, 5) is 14.2. The van der Waals surface area contributed by atoms with E-state index in [1.165, 1.54) is 0 Å². The lowest BCUT2D eigenvalue weighted by atomic mass is 10.1. The predicted molar refractivity (Wildman–Crippen MR) is 93.3 cm³/mol. The predicted octanol–water partition coefficient (Wildman–Crippen LogP) is 2.33. The molecule has 1 fully saturated rings. The van der Waals surface area contributed by atoms with E-state index in [4.69, 9.17) is 0 Å². The summed E-state index contributed by atoms with van der Waals surface area (Å²) in [6, 6.07) is 16.0. The van der Waals surface area contributed by atoms with Crippen molar-refractivity contribution < 1.29 is 13.2 Å². The maximum Gasteiger partial charge on any atom is 0.240 e. The molecule has 0 radical (unpaired) electrons. The molecule has 1 N–H and O–H groups in total. The van der Waals surface area contributed by atoms with Crippen LogP contribution < -0.4 is 9.62 Å². The SMILES string of the molecule is Cc1ccc(N2CC(CNS(=O)(=O)c3ccccc3)CC2=O)cc1. The van der Waals surface area contributed by atoms with Crippen molar-refractivity contribution in [2.24, 2.45) is 5.92 Å². The molecule has 3 rings (SSSR count). The Morgan fingerprint density at radius 3 is 2.42 bits per heavy atom. The van der Waals surface area contributed by atoms with Gasteiger partial charge in [0.1, 0.15) is 0 Å². The second-order valence-corrected chi connectivity index (χ2v) is 7.84. The first-order valence-electron chi connectivity index (χ1n) is 7.87. The van der Waals surface area contributed by atoms with Crippen molar-refractivity contribution in [2.75, 3.05) is 18.0 Å². The highest BCUT2D eigenvalue weighted by atomic mass is 32.2. The Bertz CT molecular complexity index is 817. The molecule has 6 heteroatoms. The van der Waals surface area contributed by atoms with Crippen molar-refractivity contribution in [3.05, 3.63) is 60.2 Å². The molecule has 2 aromatic carbocycles. The normalized spacial score (nSPS) is 18.1. The number of nitrogens with one attached hydrogen (secondary N) is 1. The fourth-order valence-corrected chi connectivity index (χ4v) is 3.94. The number of hydrogen-bond donors (Lipinski definition) is 1. The van der Waals surface area contributed by atoms with Gasteiger partial charge in [0.15, 0.2) is 0 Å². The maximum absolute atomic E-state index is 12.2. The first-order valence-corrected chi connectivity index (χ1v) is 9.36. The van der Waals surface area contributed by atoms with E-state index in [1.807, 2.05) is 31.2 Å². The molecule has 0 spiro atoms. The van der Waals surface area contributed by atoms with Crippen molar-refractivity contribution >= 4 is 21.6 Å². The maximum atomic E-state index is 12.2. The third-order valence-electron chi connectivity index (χ3n) is 4.17. The highest BCUT2D eigenvalue weighted by Gasteiger charge is 2.31. The molecule has 1 saturated heterocycles. The molecule has 126 valence electrons. The Hall–Kier alpha value is -2.18. The average Bonchev–Trinajstić information content (AvgIpc) is 2.96. The van der Waals surface area contributed by atoms with E-state index >= 15 is 0 Å². The fraction of sp³-hybridized carbons (Fsp3) is 0.278. The lowest BCUT2D eigenvalue weighted by molar-refractivity contribution is -0.117. The zero-order valence-electron chi connectivity index (χ0n) is 13.5. The summed E-state index contributed by atoms with van der Waals surface area (Å²) in [5.41, 5.74) is 2.00. The number of carbonyl (C=O) groups is 1. The smallest absolute Gasteiger partial charge is 0.240 e. The topological polar surface area (TPSA) is 66.5 Å². The molecule has 5 nitrogen and oxygen atoms in total. The minimum atomic E-state index is -3.53. The number of rotatable bonds is 5. The lowest BCUT2D eigenvalue weighted by Gasteiger charge is -2.17. The van der Waals surface area contributed by atoms with Crippen LogP contribution in [0.15, 0.2) is 59.5 Å². The van der Waals surface area contributed by atoms with Gasteiger partial charge in [0.25, 0.3) is 0 Å². The van der Waals surface area contributed by atoms with Gasteiger partial charge >= 0.3 is 0 Å². The van der Waals surface area contributed by atoms with E-state index in [1.54, 1.807) is 35.2 Å². The van der Waals surface area contributed by atoms with Gasteiger partial charge in [-0.15, -0.1) is 0 Å². The second-order valence-electron chi connectivity index (χ2n) is 6.07. The quantitative estimate of drug-likeness (QED) is 0.905. The van der Waals surface area contributed by atoms with Crippen molar-refractivity contribution in [1.29, 1.82) is 0 Å².